The zero-order valence-corrected chi connectivity index (χ0v) is 13.9. The van der Waals surface area contributed by atoms with Crippen LogP contribution in [0, 0.1) is 0 Å². The van der Waals surface area contributed by atoms with Gasteiger partial charge < -0.3 is 15.3 Å². The monoisotopic (exact) mass is 332 g/mol. The molecule has 1 fully saturated rings. The fourth-order valence-corrected chi connectivity index (χ4v) is 3.17. The van der Waals surface area contributed by atoms with Crippen LogP contribution in [0.1, 0.15) is 50.6 Å². The van der Waals surface area contributed by atoms with Crippen LogP contribution in [0.3, 0.4) is 0 Å². The van der Waals surface area contributed by atoms with E-state index in [4.69, 9.17) is 0 Å². The number of nitrogens with one attached hydrogen (secondary N) is 1. The number of carboxylic acids is 1. The van der Waals surface area contributed by atoms with Gasteiger partial charge in [-0.2, -0.15) is 0 Å². The lowest BCUT2D eigenvalue weighted by molar-refractivity contribution is -0.145. The second-order valence-corrected chi connectivity index (χ2v) is 6.16. The first-order valence-corrected chi connectivity index (χ1v) is 8.33. The Morgan fingerprint density at radius 3 is 2.54 bits per heavy atom. The van der Waals surface area contributed by atoms with Crippen molar-refractivity contribution in [2.45, 2.75) is 51.1 Å². The quantitative estimate of drug-likeness (QED) is 0.864. The van der Waals surface area contributed by atoms with E-state index in [-0.39, 0.29) is 18.4 Å². The zero-order chi connectivity index (χ0) is 17.5. The number of carboxylic acid groups (broad SMARTS) is 1. The van der Waals surface area contributed by atoms with E-state index in [1.54, 1.807) is 4.90 Å². The van der Waals surface area contributed by atoms with Crippen LogP contribution in [-0.2, 0) is 14.4 Å². The summed E-state index contributed by atoms with van der Waals surface area (Å²) in [6, 6.07) is 8.60. The molecular formula is C18H24N2O4. The van der Waals surface area contributed by atoms with Crippen molar-refractivity contribution in [1.82, 2.24) is 10.2 Å². The SMILES string of the molecule is CC(=O)N[C@@H](CC(=O)N1CCCCCC1c1ccccc1)C(=O)O. The van der Waals surface area contributed by atoms with Crippen molar-refractivity contribution < 1.29 is 19.5 Å². The molecule has 0 aromatic heterocycles. The van der Waals surface area contributed by atoms with E-state index >= 15 is 0 Å². The summed E-state index contributed by atoms with van der Waals surface area (Å²) in [4.78, 5) is 37.0. The maximum atomic E-state index is 12.7. The molecule has 2 atom stereocenters. The fraction of sp³-hybridized carbons (Fsp3) is 0.500. The van der Waals surface area contributed by atoms with Crippen molar-refractivity contribution in [2.75, 3.05) is 6.54 Å². The van der Waals surface area contributed by atoms with Crippen LogP contribution in [0.4, 0.5) is 0 Å². The minimum atomic E-state index is -1.19. The number of likely N-dealkylation sites (tertiary alicyclic amines) is 1. The van der Waals surface area contributed by atoms with Crippen LogP contribution in [0.25, 0.3) is 0 Å². The number of hydrogen-bond acceptors (Lipinski definition) is 3. The Hall–Kier alpha value is -2.37. The van der Waals surface area contributed by atoms with Crippen molar-refractivity contribution in [3.63, 3.8) is 0 Å². The molecule has 130 valence electrons. The molecule has 1 aromatic rings. The van der Waals surface area contributed by atoms with Crippen LogP contribution in [-0.4, -0.2) is 40.4 Å². The largest absolute Gasteiger partial charge is 0.480 e. The lowest BCUT2D eigenvalue weighted by Gasteiger charge is -2.31. The third-order valence-corrected chi connectivity index (χ3v) is 4.31. The summed E-state index contributed by atoms with van der Waals surface area (Å²) >= 11 is 0. The van der Waals surface area contributed by atoms with Gasteiger partial charge in [0.2, 0.25) is 11.8 Å². The molecule has 0 radical (unpaired) electrons. The summed E-state index contributed by atoms with van der Waals surface area (Å²) in [6.07, 6.45) is 3.65. The highest BCUT2D eigenvalue weighted by Gasteiger charge is 2.30. The van der Waals surface area contributed by atoms with Crippen LogP contribution >= 0.6 is 0 Å². The predicted octanol–water partition coefficient (Wildman–Crippen LogP) is 2.11. The van der Waals surface area contributed by atoms with Gasteiger partial charge >= 0.3 is 5.97 Å². The molecule has 0 bridgehead atoms. The molecule has 2 N–H and O–H groups in total. The minimum absolute atomic E-state index is 0.0343. The Morgan fingerprint density at radius 1 is 1.21 bits per heavy atom. The number of benzene rings is 1. The third kappa shape index (κ3) is 4.81. The van der Waals surface area contributed by atoms with E-state index in [0.717, 1.165) is 31.2 Å². The summed E-state index contributed by atoms with van der Waals surface area (Å²) in [7, 11) is 0. The molecule has 24 heavy (non-hydrogen) atoms. The molecular weight excluding hydrogens is 308 g/mol. The molecule has 2 rings (SSSR count). The topological polar surface area (TPSA) is 86.7 Å². The molecule has 1 unspecified atom stereocenters. The highest BCUT2D eigenvalue weighted by molar-refractivity contribution is 5.88. The highest BCUT2D eigenvalue weighted by atomic mass is 16.4. The number of amides is 2. The van der Waals surface area contributed by atoms with E-state index in [9.17, 15) is 19.5 Å². The molecule has 1 aliphatic rings. The van der Waals surface area contributed by atoms with Crippen LogP contribution in [0.15, 0.2) is 30.3 Å². The van der Waals surface area contributed by atoms with E-state index in [0.29, 0.717) is 6.54 Å². The lowest BCUT2D eigenvalue weighted by atomic mass is 10.00. The van der Waals surface area contributed by atoms with Gasteiger partial charge in [0.1, 0.15) is 6.04 Å². The molecule has 6 heteroatoms. The molecule has 0 spiro atoms. The van der Waals surface area contributed by atoms with Crippen molar-refractivity contribution in [3.8, 4) is 0 Å². The fourth-order valence-electron chi connectivity index (χ4n) is 3.17. The first-order chi connectivity index (χ1) is 11.5. The standard InChI is InChI=1S/C18H24N2O4/c1-13(21)19-15(18(23)24)12-17(22)20-11-7-3-6-10-16(20)14-8-4-2-5-9-14/h2,4-5,8-9,15-16H,3,6-7,10-12H2,1H3,(H,19,21)(H,23,24)/t15-,16?/m0/s1. The maximum Gasteiger partial charge on any atom is 0.326 e. The number of nitrogens with zero attached hydrogens (tertiary/aromatic N) is 1. The molecule has 2 amide bonds. The maximum absolute atomic E-state index is 12.7. The van der Waals surface area contributed by atoms with Crippen molar-refractivity contribution in [1.29, 1.82) is 0 Å². The van der Waals surface area contributed by atoms with Gasteiger partial charge in [-0.15, -0.1) is 0 Å². The average molecular weight is 332 g/mol. The summed E-state index contributed by atoms with van der Waals surface area (Å²) in [5.74, 6) is -1.87. The average Bonchev–Trinajstić information content (AvgIpc) is 2.80. The second-order valence-electron chi connectivity index (χ2n) is 6.16. The molecule has 1 aliphatic heterocycles. The summed E-state index contributed by atoms with van der Waals surface area (Å²) < 4.78 is 0. The van der Waals surface area contributed by atoms with Gasteiger partial charge in [0.15, 0.2) is 0 Å². The number of aliphatic carboxylic acids is 1. The van der Waals surface area contributed by atoms with Gasteiger partial charge in [-0.1, -0.05) is 43.2 Å². The summed E-state index contributed by atoms with van der Waals surface area (Å²) in [6.45, 7) is 1.87. The van der Waals surface area contributed by atoms with E-state index in [2.05, 4.69) is 5.32 Å². The van der Waals surface area contributed by atoms with Crippen LogP contribution in [0.5, 0.6) is 0 Å². The summed E-state index contributed by atoms with van der Waals surface area (Å²) in [5, 5.41) is 11.6. The molecule has 1 saturated heterocycles. The van der Waals surface area contributed by atoms with Crippen LogP contribution < -0.4 is 5.32 Å². The van der Waals surface area contributed by atoms with Gasteiger partial charge in [0, 0.05) is 13.5 Å². The summed E-state index contributed by atoms with van der Waals surface area (Å²) in [5.41, 5.74) is 1.07. The van der Waals surface area contributed by atoms with Crippen molar-refractivity contribution in [2.24, 2.45) is 0 Å². The first kappa shape index (κ1) is 18.0. The predicted molar refractivity (Wildman–Crippen MR) is 89.2 cm³/mol. The number of rotatable bonds is 5. The lowest BCUT2D eigenvalue weighted by Crippen LogP contribution is -2.45. The Morgan fingerprint density at radius 2 is 1.92 bits per heavy atom. The Kier molecular flexibility index (Phi) is 6.35. The van der Waals surface area contributed by atoms with Gasteiger partial charge in [-0.25, -0.2) is 4.79 Å². The molecule has 0 aliphatic carbocycles. The first-order valence-electron chi connectivity index (χ1n) is 8.33. The van der Waals surface area contributed by atoms with Gasteiger partial charge in [0.25, 0.3) is 0 Å². The zero-order valence-electron chi connectivity index (χ0n) is 13.9. The van der Waals surface area contributed by atoms with Gasteiger partial charge in [-0.3, -0.25) is 9.59 Å². The Balaban J connectivity index is 2.16. The number of hydrogen-bond donors (Lipinski definition) is 2. The van der Waals surface area contributed by atoms with E-state index < -0.39 is 17.9 Å². The minimum Gasteiger partial charge on any atom is -0.480 e. The Bertz CT molecular complexity index is 588. The normalized spacial score (nSPS) is 19.2. The smallest absolute Gasteiger partial charge is 0.326 e. The molecule has 1 heterocycles. The molecule has 1 aromatic carbocycles. The molecule has 6 nitrogen and oxygen atoms in total. The van der Waals surface area contributed by atoms with Gasteiger partial charge in [-0.05, 0) is 18.4 Å². The third-order valence-electron chi connectivity index (χ3n) is 4.31. The van der Waals surface area contributed by atoms with Crippen LogP contribution in [0.2, 0.25) is 0 Å². The molecule has 0 saturated carbocycles. The second kappa shape index (κ2) is 8.47. The highest BCUT2D eigenvalue weighted by Crippen LogP contribution is 2.30. The van der Waals surface area contributed by atoms with E-state index in [1.165, 1.54) is 6.92 Å². The number of carbonyl (C=O) groups excluding carboxylic acids is 2. The van der Waals surface area contributed by atoms with Crippen molar-refractivity contribution >= 4 is 17.8 Å². The van der Waals surface area contributed by atoms with Crippen molar-refractivity contribution in [3.05, 3.63) is 35.9 Å². The van der Waals surface area contributed by atoms with Gasteiger partial charge in [0.05, 0.1) is 12.5 Å². The van der Waals surface area contributed by atoms with E-state index in [1.807, 2.05) is 30.3 Å². The Labute approximate surface area is 141 Å². The number of carbonyl (C=O) groups is 3.